The first kappa shape index (κ1) is 16.9. The summed E-state index contributed by atoms with van der Waals surface area (Å²) in [4.78, 5) is 2.59. The van der Waals surface area contributed by atoms with E-state index < -0.39 is 0 Å². The molecule has 3 heteroatoms. The van der Waals surface area contributed by atoms with Crippen LogP contribution in [0.3, 0.4) is 0 Å². The van der Waals surface area contributed by atoms with Gasteiger partial charge in [0.25, 0.3) is 0 Å². The fraction of sp³-hybridized carbons (Fsp3) is 1.00. The topological polar surface area (TPSA) is 24.5 Å². The van der Waals surface area contributed by atoms with Crippen molar-refractivity contribution >= 4 is 0 Å². The lowest BCUT2D eigenvalue weighted by molar-refractivity contribution is -0.137. The van der Waals surface area contributed by atoms with E-state index in [1.807, 2.05) is 0 Å². The second-order valence-corrected chi connectivity index (χ2v) is 7.79. The lowest BCUT2D eigenvalue weighted by Crippen LogP contribution is -2.54. The van der Waals surface area contributed by atoms with E-state index in [9.17, 15) is 0 Å². The van der Waals surface area contributed by atoms with Crippen molar-refractivity contribution < 1.29 is 4.74 Å². The SMILES string of the molecule is CC1CN(C(C)CCCNC(C)(C)C)CC(C)(C)O1. The van der Waals surface area contributed by atoms with Gasteiger partial charge in [0, 0.05) is 24.7 Å². The van der Waals surface area contributed by atoms with Crippen molar-refractivity contribution in [3.63, 3.8) is 0 Å². The smallest absolute Gasteiger partial charge is 0.0757 e. The Labute approximate surface area is 120 Å². The van der Waals surface area contributed by atoms with Crippen molar-refractivity contribution in [2.24, 2.45) is 0 Å². The molecule has 1 aliphatic rings. The van der Waals surface area contributed by atoms with Crippen LogP contribution >= 0.6 is 0 Å². The maximum Gasteiger partial charge on any atom is 0.0757 e. The van der Waals surface area contributed by atoms with Crippen molar-refractivity contribution in [3.05, 3.63) is 0 Å². The molecule has 0 saturated carbocycles. The van der Waals surface area contributed by atoms with Gasteiger partial charge in [0.1, 0.15) is 0 Å². The number of rotatable bonds is 5. The molecule has 0 aromatic rings. The van der Waals surface area contributed by atoms with Crippen LogP contribution in [-0.4, -0.2) is 47.8 Å². The highest BCUT2D eigenvalue weighted by Gasteiger charge is 2.33. The number of hydrogen-bond donors (Lipinski definition) is 1. The van der Waals surface area contributed by atoms with Gasteiger partial charge in [-0.2, -0.15) is 0 Å². The van der Waals surface area contributed by atoms with Crippen LogP contribution in [-0.2, 0) is 4.74 Å². The first-order valence-electron chi connectivity index (χ1n) is 7.76. The largest absolute Gasteiger partial charge is 0.370 e. The molecule has 2 atom stereocenters. The van der Waals surface area contributed by atoms with E-state index in [0.717, 1.165) is 19.6 Å². The zero-order chi connectivity index (χ0) is 14.7. The molecule has 0 spiro atoms. The Morgan fingerprint density at radius 3 is 2.53 bits per heavy atom. The maximum absolute atomic E-state index is 5.97. The minimum atomic E-state index is -0.00438. The quantitative estimate of drug-likeness (QED) is 0.777. The predicted molar refractivity (Wildman–Crippen MR) is 82.7 cm³/mol. The van der Waals surface area contributed by atoms with Gasteiger partial charge in [-0.3, -0.25) is 4.90 Å². The van der Waals surface area contributed by atoms with Gasteiger partial charge in [-0.1, -0.05) is 0 Å². The van der Waals surface area contributed by atoms with Gasteiger partial charge in [0.2, 0.25) is 0 Å². The molecule has 19 heavy (non-hydrogen) atoms. The molecule has 0 aromatic carbocycles. The maximum atomic E-state index is 5.97. The van der Waals surface area contributed by atoms with Crippen LogP contribution in [0.4, 0.5) is 0 Å². The summed E-state index contributed by atoms with van der Waals surface area (Å²) in [7, 11) is 0. The zero-order valence-electron chi connectivity index (χ0n) is 14.0. The summed E-state index contributed by atoms with van der Waals surface area (Å²) in [5.41, 5.74) is 0.230. The van der Waals surface area contributed by atoms with E-state index >= 15 is 0 Å². The van der Waals surface area contributed by atoms with Crippen LogP contribution in [0.5, 0.6) is 0 Å². The van der Waals surface area contributed by atoms with Gasteiger partial charge >= 0.3 is 0 Å². The number of morpholine rings is 1. The second-order valence-electron chi connectivity index (χ2n) is 7.79. The van der Waals surface area contributed by atoms with Crippen molar-refractivity contribution in [1.82, 2.24) is 10.2 Å². The normalized spacial score (nSPS) is 26.4. The van der Waals surface area contributed by atoms with E-state index in [1.54, 1.807) is 0 Å². The molecule has 0 bridgehead atoms. The number of nitrogens with zero attached hydrogens (tertiary/aromatic N) is 1. The Bertz CT molecular complexity index is 270. The predicted octanol–water partition coefficient (Wildman–Crippen LogP) is 3.04. The number of nitrogens with one attached hydrogen (secondary N) is 1. The van der Waals surface area contributed by atoms with Crippen LogP contribution in [0.25, 0.3) is 0 Å². The molecule has 1 N–H and O–H groups in total. The third-order valence-corrected chi connectivity index (χ3v) is 3.67. The third-order valence-electron chi connectivity index (χ3n) is 3.67. The molecule has 0 aliphatic carbocycles. The van der Waals surface area contributed by atoms with E-state index in [1.165, 1.54) is 12.8 Å². The van der Waals surface area contributed by atoms with Crippen LogP contribution < -0.4 is 5.32 Å². The highest BCUT2D eigenvalue weighted by molar-refractivity contribution is 4.85. The number of hydrogen-bond acceptors (Lipinski definition) is 3. The highest BCUT2D eigenvalue weighted by Crippen LogP contribution is 2.23. The number of ether oxygens (including phenoxy) is 1. The molecule has 3 nitrogen and oxygen atoms in total. The molecule has 0 radical (unpaired) electrons. The van der Waals surface area contributed by atoms with E-state index in [2.05, 4.69) is 58.7 Å². The monoisotopic (exact) mass is 270 g/mol. The summed E-state index contributed by atoms with van der Waals surface area (Å²) < 4.78 is 5.97. The van der Waals surface area contributed by atoms with Crippen molar-refractivity contribution in [2.75, 3.05) is 19.6 Å². The van der Waals surface area contributed by atoms with Crippen molar-refractivity contribution in [1.29, 1.82) is 0 Å². The Balaban J connectivity index is 2.31. The first-order chi connectivity index (χ1) is 8.59. The van der Waals surface area contributed by atoms with Gasteiger partial charge in [-0.25, -0.2) is 0 Å². The summed E-state index contributed by atoms with van der Waals surface area (Å²) >= 11 is 0. The van der Waals surface area contributed by atoms with Crippen LogP contribution in [0.2, 0.25) is 0 Å². The first-order valence-corrected chi connectivity index (χ1v) is 7.76. The Morgan fingerprint density at radius 1 is 1.37 bits per heavy atom. The molecule has 1 heterocycles. The average Bonchev–Trinajstić information content (AvgIpc) is 2.19. The van der Waals surface area contributed by atoms with Gasteiger partial charge in [-0.15, -0.1) is 0 Å². The van der Waals surface area contributed by atoms with Gasteiger partial charge in [-0.05, 0) is 67.9 Å². The van der Waals surface area contributed by atoms with Crippen LogP contribution in [0.1, 0.15) is 61.3 Å². The highest BCUT2D eigenvalue weighted by atomic mass is 16.5. The van der Waals surface area contributed by atoms with E-state index in [-0.39, 0.29) is 11.1 Å². The van der Waals surface area contributed by atoms with Gasteiger partial charge in [0.15, 0.2) is 0 Å². The van der Waals surface area contributed by atoms with E-state index in [4.69, 9.17) is 4.74 Å². The minimum Gasteiger partial charge on any atom is -0.370 e. The van der Waals surface area contributed by atoms with Crippen molar-refractivity contribution in [3.8, 4) is 0 Å². The molecule has 1 saturated heterocycles. The van der Waals surface area contributed by atoms with Crippen molar-refractivity contribution in [2.45, 2.75) is 84.6 Å². The lowest BCUT2D eigenvalue weighted by Gasteiger charge is -2.44. The molecular formula is C16H34N2O. The molecule has 114 valence electrons. The zero-order valence-corrected chi connectivity index (χ0v) is 14.0. The third kappa shape index (κ3) is 6.73. The Morgan fingerprint density at radius 2 is 2.00 bits per heavy atom. The standard InChI is InChI=1S/C16H34N2O/c1-13(9-8-10-17-15(3,4)5)18-11-14(2)19-16(6,7)12-18/h13-14,17H,8-12H2,1-7H3. The Hall–Kier alpha value is -0.120. The fourth-order valence-corrected chi connectivity index (χ4v) is 2.88. The average molecular weight is 270 g/mol. The Kier molecular flexibility index (Phi) is 5.84. The fourth-order valence-electron chi connectivity index (χ4n) is 2.88. The molecule has 0 amide bonds. The summed E-state index contributed by atoms with van der Waals surface area (Å²) in [6.45, 7) is 18.8. The summed E-state index contributed by atoms with van der Waals surface area (Å²) in [5, 5.41) is 3.56. The molecular weight excluding hydrogens is 236 g/mol. The molecule has 2 unspecified atom stereocenters. The lowest BCUT2D eigenvalue weighted by atomic mass is 10.0. The van der Waals surface area contributed by atoms with Crippen LogP contribution in [0.15, 0.2) is 0 Å². The molecule has 1 rings (SSSR count). The summed E-state index contributed by atoms with van der Waals surface area (Å²) in [5.74, 6) is 0. The van der Waals surface area contributed by atoms with Crippen LogP contribution in [0, 0.1) is 0 Å². The van der Waals surface area contributed by atoms with Gasteiger partial charge in [0.05, 0.1) is 11.7 Å². The summed E-state index contributed by atoms with van der Waals surface area (Å²) in [6, 6.07) is 0.646. The molecule has 0 aromatic heterocycles. The molecule has 1 aliphatic heterocycles. The van der Waals surface area contributed by atoms with Gasteiger partial charge < -0.3 is 10.1 Å². The molecule has 1 fully saturated rings. The minimum absolute atomic E-state index is 0.00438. The second kappa shape index (κ2) is 6.55. The van der Waals surface area contributed by atoms with E-state index in [0.29, 0.717) is 12.1 Å². The summed E-state index contributed by atoms with van der Waals surface area (Å²) in [6.07, 6.45) is 2.84.